The monoisotopic (exact) mass is 478 g/mol. The molecule has 1 fully saturated rings. The van der Waals surface area contributed by atoms with Crippen LogP contribution < -0.4 is 10.2 Å². The normalized spacial score (nSPS) is 13.9. The van der Waals surface area contributed by atoms with Crippen molar-refractivity contribution in [3.05, 3.63) is 95.1 Å². The lowest BCUT2D eigenvalue weighted by Crippen LogP contribution is -2.49. The fraction of sp³-hybridized carbons (Fsp3) is 0.192. The Labute approximate surface area is 200 Å². The number of amides is 3. The first kappa shape index (κ1) is 23.8. The predicted octanol–water partition coefficient (Wildman–Crippen LogP) is 5.66. The van der Waals surface area contributed by atoms with Crippen molar-refractivity contribution in [3.63, 3.8) is 0 Å². The average Bonchev–Trinajstić information content (AvgIpc) is 2.85. The van der Waals surface area contributed by atoms with Crippen LogP contribution in [-0.4, -0.2) is 29.9 Å². The number of alkyl halides is 3. The van der Waals surface area contributed by atoms with Gasteiger partial charge in [0.2, 0.25) is 0 Å². The van der Waals surface area contributed by atoms with E-state index in [-0.39, 0.29) is 11.6 Å². The Morgan fingerprint density at radius 2 is 1.74 bits per heavy atom. The van der Waals surface area contributed by atoms with E-state index in [0.717, 1.165) is 24.1 Å². The summed E-state index contributed by atoms with van der Waals surface area (Å²) in [4.78, 5) is 29.0. The van der Waals surface area contributed by atoms with Crippen molar-refractivity contribution in [2.45, 2.75) is 19.1 Å². The SMILES string of the molecule is N#Cc1ccc(CN2CCCN(c3cccc(NC(=O)c4cccc(C(F)(F)F)c4)c3)C2=O)cc1. The molecule has 1 aliphatic rings. The van der Waals surface area contributed by atoms with Crippen molar-refractivity contribution >= 4 is 23.3 Å². The highest BCUT2D eigenvalue weighted by molar-refractivity contribution is 6.05. The first-order valence-electron chi connectivity index (χ1n) is 10.9. The van der Waals surface area contributed by atoms with E-state index in [9.17, 15) is 22.8 Å². The van der Waals surface area contributed by atoms with Gasteiger partial charge in [-0.2, -0.15) is 18.4 Å². The maximum atomic E-state index is 13.1. The van der Waals surface area contributed by atoms with Gasteiger partial charge >= 0.3 is 12.2 Å². The van der Waals surface area contributed by atoms with E-state index >= 15 is 0 Å². The molecule has 0 atom stereocenters. The van der Waals surface area contributed by atoms with Crippen LogP contribution in [0.2, 0.25) is 0 Å². The Kier molecular flexibility index (Phi) is 6.73. The Bertz CT molecular complexity index is 1280. The largest absolute Gasteiger partial charge is 0.416 e. The summed E-state index contributed by atoms with van der Waals surface area (Å²) in [7, 11) is 0. The maximum absolute atomic E-state index is 13.1. The summed E-state index contributed by atoms with van der Waals surface area (Å²) in [6.07, 6.45) is -3.81. The van der Waals surface area contributed by atoms with Crippen molar-refractivity contribution in [1.82, 2.24) is 4.90 Å². The fourth-order valence-corrected chi connectivity index (χ4v) is 3.86. The molecular formula is C26H21F3N4O2. The molecule has 3 aromatic carbocycles. The fourth-order valence-electron chi connectivity index (χ4n) is 3.86. The molecular weight excluding hydrogens is 457 g/mol. The number of carbonyl (C=O) groups excluding carboxylic acids is 2. The van der Waals surface area contributed by atoms with Crippen LogP contribution >= 0.6 is 0 Å². The maximum Gasteiger partial charge on any atom is 0.416 e. The number of nitriles is 1. The Morgan fingerprint density at radius 3 is 2.46 bits per heavy atom. The van der Waals surface area contributed by atoms with Crippen LogP contribution in [0.5, 0.6) is 0 Å². The number of anilines is 2. The van der Waals surface area contributed by atoms with Gasteiger partial charge in [-0.1, -0.05) is 24.3 Å². The minimum Gasteiger partial charge on any atom is -0.322 e. The lowest BCUT2D eigenvalue weighted by atomic mass is 10.1. The number of halogens is 3. The Morgan fingerprint density at radius 1 is 1.00 bits per heavy atom. The second-order valence-corrected chi connectivity index (χ2v) is 8.10. The topological polar surface area (TPSA) is 76.4 Å². The van der Waals surface area contributed by atoms with Gasteiger partial charge in [0, 0.05) is 36.6 Å². The molecule has 9 heteroatoms. The highest BCUT2D eigenvalue weighted by atomic mass is 19.4. The molecule has 3 aromatic rings. The molecule has 0 unspecified atom stereocenters. The summed E-state index contributed by atoms with van der Waals surface area (Å²) in [5, 5.41) is 11.6. The molecule has 1 aliphatic heterocycles. The lowest BCUT2D eigenvalue weighted by Gasteiger charge is -2.36. The van der Waals surface area contributed by atoms with Gasteiger partial charge in [0.15, 0.2) is 0 Å². The second kappa shape index (κ2) is 9.89. The van der Waals surface area contributed by atoms with Crippen LogP contribution in [0.15, 0.2) is 72.8 Å². The summed E-state index contributed by atoms with van der Waals surface area (Å²) in [5.74, 6) is -0.680. The van der Waals surface area contributed by atoms with Crippen molar-refractivity contribution in [2.75, 3.05) is 23.3 Å². The highest BCUT2D eigenvalue weighted by Gasteiger charge is 2.31. The number of urea groups is 1. The first-order valence-corrected chi connectivity index (χ1v) is 10.9. The minimum atomic E-state index is -4.55. The summed E-state index contributed by atoms with van der Waals surface area (Å²) >= 11 is 0. The van der Waals surface area contributed by atoms with E-state index in [1.807, 2.05) is 12.1 Å². The van der Waals surface area contributed by atoms with Crippen LogP contribution in [0, 0.1) is 11.3 Å². The molecule has 0 bridgehead atoms. The van der Waals surface area contributed by atoms with Crippen LogP contribution in [0.4, 0.5) is 29.3 Å². The quantitative estimate of drug-likeness (QED) is 0.514. The molecule has 0 radical (unpaired) electrons. The van der Waals surface area contributed by atoms with Crippen LogP contribution in [0.3, 0.4) is 0 Å². The molecule has 35 heavy (non-hydrogen) atoms. The Hall–Kier alpha value is -4.32. The number of carbonyl (C=O) groups is 2. The van der Waals surface area contributed by atoms with Gasteiger partial charge in [-0.15, -0.1) is 0 Å². The number of rotatable bonds is 5. The molecule has 0 spiro atoms. The standard InChI is InChI=1S/C26H21F3N4O2/c27-26(28,29)21-5-1-4-20(14-21)24(34)31-22-6-2-7-23(15-22)33-13-3-12-32(25(33)35)17-19-10-8-18(16-30)9-11-19/h1-2,4-11,14-15H,3,12-13,17H2,(H,31,34). The molecule has 0 aliphatic carbocycles. The zero-order chi connectivity index (χ0) is 25.0. The van der Waals surface area contributed by atoms with Gasteiger partial charge < -0.3 is 10.2 Å². The molecule has 6 nitrogen and oxygen atoms in total. The Balaban J connectivity index is 1.47. The van der Waals surface area contributed by atoms with Crippen molar-refractivity contribution < 1.29 is 22.8 Å². The van der Waals surface area contributed by atoms with E-state index in [4.69, 9.17) is 5.26 Å². The number of nitrogens with zero attached hydrogens (tertiary/aromatic N) is 3. The number of hydrogen-bond donors (Lipinski definition) is 1. The summed E-state index contributed by atoms with van der Waals surface area (Å²) < 4.78 is 38.9. The van der Waals surface area contributed by atoms with E-state index in [0.29, 0.717) is 36.6 Å². The summed E-state index contributed by atoms with van der Waals surface area (Å²) in [6.45, 7) is 1.47. The number of benzene rings is 3. The van der Waals surface area contributed by atoms with Crippen LogP contribution in [0.25, 0.3) is 0 Å². The van der Waals surface area contributed by atoms with Crippen molar-refractivity contribution in [3.8, 4) is 6.07 Å². The second-order valence-electron chi connectivity index (χ2n) is 8.10. The van der Waals surface area contributed by atoms with Gasteiger partial charge in [0.1, 0.15) is 0 Å². The van der Waals surface area contributed by atoms with E-state index in [1.54, 1.807) is 46.2 Å². The average molecular weight is 478 g/mol. The molecule has 1 saturated heterocycles. The van der Waals surface area contributed by atoms with Crippen molar-refractivity contribution in [2.24, 2.45) is 0 Å². The predicted molar refractivity (Wildman–Crippen MR) is 125 cm³/mol. The van der Waals surface area contributed by atoms with Gasteiger partial charge in [-0.25, -0.2) is 4.79 Å². The van der Waals surface area contributed by atoms with Gasteiger partial charge in [-0.3, -0.25) is 9.69 Å². The van der Waals surface area contributed by atoms with E-state index in [2.05, 4.69) is 11.4 Å². The van der Waals surface area contributed by atoms with Crippen LogP contribution in [0.1, 0.15) is 33.5 Å². The van der Waals surface area contributed by atoms with Gasteiger partial charge in [0.05, 0.1) is 17.2 Å². The minimum absolute atomic E-state index is 0.118. The third-order valence-electron chi connectivity index (χ3n) is 5.64. The molecule has 1 N–H and O–H groups in total. The summed E-state index contributed by atoms with van der Waals surface area (Å²) in [5.41, 5.74) is 1.36. The van der Waals surface area contributed by atoms with Gasteiger partial charge in [-0.05, 0) is 60.5 Å². The first-order chi connectivity index (χ1) is 16.7. The third kappa shape index (κ3) is 5.61. The molecule has 0 saturated carbocycles. The van der Waals surface area contributed by atoms with Crippen molar-refractivity contribution in [1.29, 1.82) is 5.26 Å². The zero-order valence-electron chi connectivity index (χ0n) is 18.5. The zero-order valence-corrected chi connectivity index (χ0v) is 18.5. The molecule has 4 rings (SSSR count). The van der Waals surface area contributed by atoms with Crippen LogP contribution in [-0.2, 0) is 12.7 Å². The molecule has 1 heterocycles. The number of nitrogens with one attached hydrogen (secondary N) is 1. The third-order valence-corrected chi connectivity index (χ3v) is 5.64. The van der Waals surface area contributed by atoms with Gasteiger partial charge in [0.25, 0.3) is 5.91 Å². The molecule has 3 amide bonds. The van der Waals surface area contributed by atoms with E-state index < -0.39 is 17.6 Å². The van der Waals surface area contributed by atoms with E-state index in [1.165, 1.54) is 12.1 Å². The smallest absolute Gasteiger partial charge is 0.322 e. The molecule has 178 valence electrons. The lowest BCUT2D eigenvalue weighted by molar-refractivity contribution is -0.137. The molecule has 0 aromatic heterocycles. The summed E-state index contributed by atoms with van der Waals surface area (Å²) in [6, 6.07) is 19.8. The number of hydrogen-bond acceptors (Lipinski definition) is 3. The highest BCUT2D eigenvalue weighted by Crippen LogP contribution is 2.30.